The fourth-order valence-electron chi connectivity index (χ4n) is 3.45. The van der Waals surface area contributed by atoms with Gasteiger partial charge in [0.15, 0.2) is 0 Å². The maximum atomic E-state index is 9.32. The summed E-state index contributed by atoms with van der Waals surface area (Å²) >= 11 is 0. The molecule has 3 heteroatoms. The number of hydrogen-bond donors (Lipinski definition) is 1. The lowest BCUT2D eigenvalue weighted by Crippen LogP contribution is -2.53. The first-order valence-electron chi connectivity index (χ1n) is 6.65. The number of aliphatic hydroxyl groups is 1. The van der Waals surface area contributed by atoms with Crippen LogP contribution in [-0.4, -0.2) is 48.5 Å². The van der Waals surface area contributed by atoms with Crippen LogP contribution in [-0.2, 0) is 4.74 Å². The van der Waals surface area contributed by atoms with Crippen molar-refractivity contribution in [2.45, 2.75) is 45.1 Å². The molecule has 0 aromatic heterocycles. The number of aliphatic hydroxyl groups excluding tert-OH is 1. The molecule has 1 aliphatic carbocycles. The van der Waals surface area contributed by atoms with E-state index >= 15 is 0 Å². The third-order valence-electron chi connectivity index (χ3n) is 4.01. The van der Waals surface area contributed by atoms with Crippen LogP contribution < -0.4 is 0 Å². The molecule has 2 bridgehead atoms. The second-order valence-electron chi connectivity index (χ2n) is 5.76. The third kappa shape index (κ3) is 2.13. The Bertz CT molecular complexity index is 230. The normalized spacial score (nSPS) is 36.8. The van der Waals surface area contributed by atoms with Gasteiger partial charge in [-0.15, -0.1) is 0 Å². The molecular weight excluding hydrogens is 202 g/mol. The van der Waals surface area contributed by atoms with Gasteiger partial charge in [-0.1, -0.05) is 13.8 Å². The molecule has 3 aliphatic rings. The third-order valence-corrected chi connectivity index (χ3v) is 4.01. The summed E-state index contributed by atoms with van der Waals surface area (Å²) in [4.78, 5) is 2.52. The fourth-order valence-corrected chi connectivity index (χ4v) is 3.45. The van der Waals surface area contributed by atoms with Crippen LogP contribution in [0.3, 0.4) is 0 Å². The highest BCUT2D eigenvalue weighted by Crippen LogP contribution is 2.57. The van der Waals surface area contributed by atoms with Gasteiger partial charge < -0.3 is 14.7 Å². The maximum Gasteiger partial charge on any atom is 0.0823 e. The lowest BCUT2D eigenvalue weighted by Gasteiger charge is -2.45. The Morgan fingerprint density at radius 2 is 1.81 bits per heavy atom. The molecule has 3 nitrogen and oxygen atoms in total. The fraction of sp³-hybridized carbons (Fsp3) is 1.00. The summed E-state index contributed by atoms with van der Waals surface area (Å²) in [6.07, 6.45) is 4.56. The standard InChI is InChI=1S/C13H25NO2/c1-3-5-14(6-4-2)9-13-7-12(8-13,10-15)11-16-13/h15H,3-11H2,1-2H3. The lowest BCUT2D eigenvalue weighted by atomic mass is 9.63. The Labute approximate surface area is 98.8 Å². The summed E-state index contributed by atoms with van der Waals surface area (Å²) in [6, 6.07) is 0. The molecule has 0 radical (unpaired) electrons. The van der Waals surface area contributed by atoms with Gasteiger partial charge in [0, 0.05) is 12.0 Å². The van der Waals surface area contributed by atoms with Crippen LogP contribution in [0, 0.1) is 5.41 Å². The van der Waals surface area contributed by atoms with Crippen molar-refractivity contribution in [2.24, 2.45) is 5.41 Å². The SMILES string of the molecule is CCCN(CCC)CC12CC(CO)(CO1)C2. The molecule has 0 atom stereocenters. The Kier molecular flexibility index (Phi) is 3.57. The molecule has 1 saturated carbocycles. The molecule has 0 aromatic rings. The van der Waals surface area contributed by atoms with Gasteiger partial charge in [0.25, 0.3) is 0 Å². The van der Waals surface area contributed by atoms with Crippen LogP contribution in [0.2, 0.25) is 0 Å². The van der Waals surface area contributed by atoms with Crippen LogP contribution in [0.15, 0.2) is 0 Å². The van der Waals surface area contributed by atoms with Crippen molar-refractivity contribution in [2.75, 3.05) is 32.8 Å². The molecule has 94 valence electrons. The van der Waals surface area contributed by atoms with E-state index in [1.165, 1.54) is 25.9 Å². The van der Waals surface area contributed by atoms with Crippen molar-refractivity contribution < 1.29 is 9.84 Å². The van der Waals surface area contributed by atoms with Crippen molar-refractivity contribution in [3.8, 4) is 0 Å². The minimum atomic E-state index is 0.0903. The maximum absolute atomic E-state index is 9.32. The highest BCUT2D eigenvalue weighted by Gasteiger charge is 2.62. The van der Waals surface area contributed by atoms with Crippen LogP contribution in [0.1, 0.15) is 39.5 Å². The Balaban J connectivity index is 1.85. The highest BCUT2D eigenvalue weighted by atomic mass is 16.5. The first-order valence-corrected chi connectivity index (χ1v) is 6.65. The molecule has 1 N–H and O–H groups in total. The van der Waals surface area contributed by atoms with Crippen LogP contribution in [0.4, 0.5) is 0 Å². The minimum Gasteiger partial charge on any atom is -0.396 e. The number of nitrogens with zero attached hydrogens (tertiary/aromatic N) is 1. The summed E-state index contributed by atoms with van der Waals surface area (Å²) in [7, 11) is 0. The first kappa shape index (κ1) is 12.3. The van der Waals surface area contributed by atoms with Gasteiger partial charge in [-0.25, -0.2) is 0 Å². The Morgan fingerprint density at radius 1 is 1.19 bits per heavy atom. The Hall–Kier alpha value is -0.120. The molecule has 3 rings (SSSR count). The van der Waals surface area contributed by atoms with Crippen LogP contribution in [0.5, 0.6) is 0 Å². The van der Waals surface area contributed by atoms with Crippen molar-refractivity contribution in [1.82, 2.24) is 4.90 Å². The molecule has 0 aromatic carbocycles. The van der Waals surface area contributed by atoms with Gasteiger partial charge in [-0.2, -0.15) is 0 Å². The van der Waals surface area contributed by atoms with Gasteiger partial charge in [0.2, 0.25) is 0 Å². The highest BCUT2D eigenvalue weighted by molar-refractivity contribution is 5.12. The number of ether oxygens (including phenoxy) is 1. The van der Waals surface area contributed by atoms with Crippen molar-refractivity contribution >= 4 is 0 Å². The smallest absolute Gasteiger partial charge is 0.0823 e. The lowest BCUT2D eigenvalue weighted by molar-refractivity contribution is -0.0524. The predicted molar refractivity (Wildman–Crippen MR) is 64.5 cm³/mol. The van der Waals surface area contributed by atoms with E-state index < -0.39 is 0 Å². The molecule has 0 spiro atoms. The quantitative estimate of drug-likeness (QED) is 0.718. The van der Waals surface area contributed by atoms with Gasteiger partial charge in [0.1, 0.15) is 0 Å². The zero-order chi connectivity index (χ0) is 11.6. The molecule has 0 unspecified atom stereocenters. The number of hydrogen-bond acceptors (Lipinski definition) is 3. The van der Waals surface area contributed by atoms with E-state index in [9.17, 15) is 5.11 Å². The van der Waals surface area contributed by atoms with E-state index in [1.807, 2.05) is 0 Å². The molecule has 2 aliphatic heterocycles. The zero-order valence-corrected chi connectivity index (χ0v) is 10.7. The van der Waals surface area contributed by atoms with Gasteiger partial charge in [-0.05, 0) is 38.8 Å². The van der Waals surface area contributed by atoms with Gasteiger partial charge >= 0.3 is 0 Å². The van der Waals surface area contributed by atoms with E-state index in [1.54, 1.807) is 0 Å². The van der Waals surface area contributed by atoms with Gasteiger partial charge in [0.05, 0.1) is 18.8 Å². The number of rotatable bonds is 7. The summed E-state index contributed by atoms with van der Waals surface area (Å²) in [6.45, 7) is 8.95. The minimum absolute atomic E-state index is 0.0903. The summed E-state index contributed by atoms with van der Waals surface area (Å²) < 4.78 is 5.93. The summed E-state index contributed by atoms with van der Waals surface area (Å²) in [5.41, 5.74) is 0.219. The van der Waals surface area contributed by atoms with Gasteiger partial charge in [-0.3, -0.25) is 0 Å². The average molecular weight is 227 g/mol. The van der Waals surface area contributed by atoms with E-state index in [4.69, 9.17) is 4.74 Å². The first-order chi connectivity index (χ1) is 7.67. The monoisotopic (exact) mass is 227 g/mol. The van der Waals surface area contributed by atoms with E-state index in [2.05, 4.69) is 18.7 Å². The zero-order valence-electron chi connectivity index (χ0n) is 10.7. The van der Waals surface area contributed by atoms with Crippen molar-refractivity contribution in [3.05, 3.63) is 0 Å². The Morgan fingerprint density at radius 3 is 2.25 bits per heavy atom. The topological polar surface area (TPSA) is 32.7 Å². The summed E-state index contributed by atoms with van der Waals surface area (Å²) in [5.74, 6) is 0. The predicted octanol–water partition coefficient (Wildman–Crippen LogP) is 1.65. The molecule has 16 heavy (non-hydrogen) atoms. The number of fused-ring (bicyclic) bond motifs is 1. The molecule has 2 heterocycles. The second-order valence-corrected chi connectivity index (χ2v) is 5.76. The van der Waals surface area contributed by atoms with E-state index in [-0.39, 0.29) is 11.0 Å². The van der Waals surface area contributed by atoms with E-state index in [0.29, 0.717) is 6.61 Å². The van der Waals surface area contributed by atoms with Crippen LogP contribution >= 0.6 is 0 Å². The molecule has 3 fully saturated rings. The molecule has 2 saturated heterocycles. The van der Waals surface area contributed by atoms with Crippen molar-refractivity contribution in [1.29, 1.82) is 0 Å². The summed E-state index contributed by atoms with van der Waals surface area (Å²) in [5, 5.41) is 9.32. The van der Waals surface area contributed by atoms with Crippen LogP contribution in [0.25, 0.3) is 0 Å². The average Bonchev–Trinajstić information content (AvgIpc) is 2.74. The van der Waals surface area contributed by atoms with E-state index in [0.717, 1.165) is 26.0 Å². The largest absolute Gasteiger partial charge is 0.396 e. The second kappa shape index (κ2) is 4.63. The molecular formula is C13H25NO2. The van der Waals surface area contributed by atoms with Crippen molar-refractivity contribution in [3.63, 3.8) is 0 Å². The molecule has 0 amide bonds.